The second-order valence-electron chi connectivity index (χ2n) is 8.00. The van der Waals surface area contributed by atoms with Gasteiger partial charge in [-0.05, 0) is 49.9 Å². The van der Waals surface area contributed by atoms with Crippen LogP contribution in [0.15, 0.2) is 52.7 Å². The molecule has 1 aliphatic heterocycles. The van der Waals surface area contributed by atoms with E-state index >= 15 is 0 Å². The van der Waals surface area contributed by atoms with Gasteiger partial charge in [-0.2, -0.15) is 0 Å². The minimum atomic E-state index is -3.88. The molecule has 2 aromatic carbocycles. The topological polar surface area (TPSA) is 96.4 Å². The smallest absolute Gasteiger partial charge is 0.269 e. The monoisotopic (exact) mass is 467 g/mol. The molecule has 1 fully saturated rings. The number of hydrogen-bond acceptors (Lipinski definition) is 6. The fourth-order valence-corrected chi connectivity index (χ4v) is 6.28. The Morgan fingerprint density at radius 3 is 2.59 bits per heavy atom. The molecule has 1 N–H and O–H groups in total. The molecule has 2 amide bonds. The Labute approximate surface area is 190 Å². The lowest BCUT2D eigenvalue weighted by molar-refractivity contribution is 0.0863. The van der Waals surface area contributed by atoms with E-state index in [9.17, 15) is 18.0 Å². The molecule has 164 valence electrons. The summed E-state index contributed by atoms with van der Waals surface area (Å²) < 4.78 is 26.5. The Hall–Kier alpha value is -3.04. The van der Waals surface area contributed by atoms with Gasteiger partial charge in [-0.15, -0.1) is 11.3 Å². The maximum absolute atomic E-state index is 12.8. The fourth-order valence-electron chi connectivity index (χ4n) is 3.82. The number of rotatable bonds is 6. The van der Waals surface area contributed by atoms with Crippen LogP contribution < -0.4 is 5.32 Å². The van der Waals surface area contributed by atoms with Crippen molar-refractivity contribution in [2.24, 2.45) is 0 Å². The molecule has 1 aromatic heterocycles. The average Bonchev–Trinajstić information content (AvgIpc) is 3.47. The van der Waals surface area contributed by atoms with E-state index in [0.717, 1.165) is 26.1 Å². The number of aromatic nitrogens is 1. The van der Waals surface area contributed by atoms with Gasteiger partial charge in [0.2, 0.25) is 0 Å². The van der Waals surface area contributed by atoms with Gasteiger partial charge in [-0.25, -0.2) is 17.7 Å². The average molecular weight is 468 g/mol. The van der Waals surface area contributed by atoms with E-state index in [1.165, 1.54) is 18.2 Å². The van der Waals surface area contributed by atoms with Crippen LogP contribution in [0.2, 0.25) is 0 Å². The number of carbonyl (C=O) groups is 2. The predicted molar refractivity (Wildman–Crippen MR) is 121 cm³/mol. The van der Waals surface area contributed by atoms with E-state index in [-0.39, 0.29) is 28.0 Å². The van der Waals surface area contributed by atoms with Crippen molar-refractivity contribution in [3.63, 3.8) is 0 Å². The Kier molecular flexibility index (Phi) is 5.10. The van der Waals surface area contributed by atoms with Gasteiger partial charge in [-0.1, -0.05) is 24.3 Å². The maximum atomic E-state index is 12.8. The Bertz CT molecular complexity index is 1330. The lowest BCUT2D eigenvalue weighted by atomic mass is 10.1. The first-order valence-corrected chi connectivity index (χ1v) is 12.7. The van der Waals surface area contributed by atoms with Gasteiger partial charge in [0.05, 0.1) is 16.3 Å². The highest BCUT2D eigenvalue weighted by Gasteiger charge is 2.48. The summed E-state index contributed by atoms with van der Waals surface area (Å²) in [5.41, 5.74) is 3.45. The SMILES string of the molecule is Cc1nc(-c2ccc(CCNC(=O)c3ccc4c(c3)S(=O)(=O)N(C3CC3)C4=O)cc2)cs1. The van der Waals surface area contributed by atoms with Gasteiger partial charge in [0, 0.05) is 29.1 Å². The summed E-state index contributed by atoms with van der Waals surface area (Å²) in [6.07, 6.45) is 2.02. The summed E-state index contributed by atoms with van der Waals surface area (Å²) in [7, 11) is -3.88. The quantitative estimate of drug-likeness (QED) is 0.599. The van der Waals surface area contributed by atoms with Crippen molar-refractivity contribution in [1.29, 1.82) is 0 Å². The highest BCUT2D eigenvalue weighted by Crippen LogP contribution is 2.39. The highest BCUT2D eigenvalue weighted by atomic mass is 32.2. The number of thiazole rings is 1. The van der Waals surface area contributed by atoms with Crippen molar-refractivity contribution >= 4 is 33.2 Å². The number of nitrogens with one attached hydrogen (secondary N) is 1. The number of benzene rings is 2. The van der Waals surface area contributed by atoms with E-state index in [2.05, 4.69) is 10.3 Å². The van der Waals surface area contributed by atoms with Gasteiger partial charge in [-0.3, -0.25) is 9.59 Å². The molecule has 1 saturated carbocycles. The minimum absolute atomic E-state index is 0.0742. The first kappa shape index (κ1) is 20.8. The lowest BCUT2D eigenvalue weighted by Crippen LogP contribution is -2.32. The van der Waals surface area contributed by atoms with Crippen molar-refractivity contribution < 1.29 is 18.0 Å². The van der Waals surface area contributed by atoms with Crippen molar-refractivity contribution in [3.8, 4) is 11.3 Å². The van der Waals surface area contributed by atoms with E-state index < -0.39 is 15.9 Å². The largest absolute Gasteiger partial charge is 0.352 e. The third-order valence-corrected chi connectivity index (χ3v) is 8.31. The van der Waals surface area contributed by atoms with Crippen LogP contribution in [0.4, 0.5) is 0 Å². The summed E-state index contributed by atoms with van der Waals surface area (Å²) in [5, 5.41) is 5.88. The number of fused-ring (bicyclic) bond motifs is 1. The van der Waals surface area contributed by atoms with Crippen molar-refractivity contribution in [1.82, 2.24) is 14.6 Å². The molecule has 0 saturated heterocycles. The molecule has 5 rings (SSSR count). The molecule has 0 unspecified atom stereocenters. The summed E-state index contributed by atoms with van der Waals surface area (Å²) in [4.78, 5) is 29.5. The zero-order chi connectivity index (χ0) is 22.5. The molecule has 0 radical (unpaired) electrons. The van der Waals surface area contributed by atoms with Crippen molar-refractivity contribution in [3.05, 3.63) is 69.5 Å². The molecule has 0 spiro atoms. The third-order valence-electron chi connectivity index (χ3n) is 5.66. The number of nitrogens with zero attached hydrogens (tertiary/aromatic N) is 2. The van der Waals surface area contributed by atoms with Crippen LogP contribution in [0.3, 0.4) is 0 Å². The highest BCUT2D eigenvalue weighted by molar-refractivity contribution is 7.90. The van der Waals surface area contributed by atoms with Crippen LogP contribution in [-0.2, 0) is 16.4 Å². The van der Waals surface area contributed by atoms with E-state index in [4.69, 9.17) is 0 Å². The van der Waals surface area contributed by atoms with E-state index in [0.29, 0.717) is 25.8 Å². The fraction of sp³-hybridized carbons (Fsp3) is 0.261. The molecule has 9 heteroatoms. The number of carbonyl (C=O) groups excluding carboxylic acids is 2. The molecular weight excluding hydrogens is 446 g/mol. The first-order chi connectivity index (χ1) is 15.3. The number of amides is 2. The Morgan fingerprint density at radius 1 is 1.19 bits per heavy atom. The van der Waals surface area contributed by atoms with Crippen LogP contribution >= 0.6 is 11.3 Å². The molecule has 1 aliphatic carbocycles. The normalized spacial score (nSPS) is 16.8. The molecule has 2 heterocycles. The van der Waals surface area contributed by atoms with Crippen LogP contribution in [0, 0.1) is 6.92 Å². The van der Waals surface area contributed by atoms with Gasteiger partial charge >= 0.3 is 0 Å². The van der Waals surface area contributed by atoms with Crippen LogP contribution in [-0.4, -0.2) is 42.1 Å². The third kappa shape index (κ3) is 3.71. The van der Waals surface area contributed by atoms with E-state index in [1.807, 2.05) is 36.6 Å². The summed E-state index contributed by atoms with van der Waals surface area (Å²) in [5.74, 6) is -0.861. The Balaban J connectivity index is 1.23. The van der Waals surface area contributed by atoms with Gasteiger partial charge in [0.1, 0.15) is 4.90 Å². The summed E-state index contributed by atoms with van der Waals surface area (Å²) in [6.45, 7) is 2.38. The zero-order valence-corrected chi connectivity index (χ0v) is 19.0. The molecule has 0 bridgehead atoms. The van der Waals surface area contributed by atoms with E-state index in [1.54, 1.807) is 11.3 Å². The van der Waals surface area contributed by atoms with Gasteiger partial charge in [0.25, 0.3) is 21.8 Å². The van der Waals surface area contributed by atoms with Gasteiger partial charge < -0.3 is 5.32 Å². The van der Waals surface area contributed by atoms with Crippen molar-refractivity contribution in [2.45, 2.75) is 37.1 Å². The van der Waals surface area contributed by atoms with Crippen LogP contribution in [0.1, 0.15) is 44.1 Å². The standard InChI is InChI=1S/C23H21N3O4S2/c1-14-25-20(13-31-14)16-4-2-15(3-5-16)10-11-24-22(27)17-6-9-19-21(12-17)32(29,30)26(23(19)28)18-7-8-18/h2-6,9,12-13,18H,7-8,10-11H2,1H3,(H,24,27). The summed E-state index contributed by atoms with van der Waals surface area (Å²) >= 11 is 1.61. The molecule has 32 heavy (non-hydrogen) atoms. The molecule has 0 atom stereocenters. The molecular formula is C23H21N3O4S2. The zero-order valence-electron chi connectivity index (χ0n) is 17.4. The number of hydrogen-bond donors (Lipinski definition) is 1. The van der Waals surface area contributed by atoms with Crippen molar-refractivity contribution in [2.75, 3.05) is 6.54 Å². The minimum Gasteiger partial charge on any atom is -0.352 e. The summed E-state index contributed by atoms with van der Waals surface area (Å²) in [6, 6.07) is 12.0. The first-order valence-electron chi connectivity index (χ1n) is 10.4. The Morgan fingerprint density at radius 2 is 1.94 bits per heavy atom. The second-order valence-corrected chi connectivity index (χ2v) is 10.8. The van der Waals surface area contributed by atoms with Gasteiger partial charge in [0.15, 0.2) is 0 Å². The van der Waals surface area contributed by atoms with Crippen LogP contribution in [0.5, 0.6) is 0 Å². The molecule has 2 aliphatic rings. The predicted octanol–water partition coefficient (Wildman–Crippen LogP) is 3.40. The van der Waals surface area contributed by atoms with Crippen LogP contribution in [0.25, 0.3) is 11.3 Å². The molecule has 7 nitrogen and oxygen atoms in total. The number of aryl methyl sites for hydroxylation is 1. The number of sulfonamides is 1. The lowest BCUT2D eigenvalue weighted by Gasteiger charge is -2.13. The second kappa shape index (κ2) is 7.83. The molecule has 3 aromatic rings. The maximum Gasteiger partial charge on any atom is 0.269 e.